The van der Waals surface area contributed by atoms with Gasteiger partial charge in [-0.2, -0.15) is 9.29 Å². The van der Waals surface area contributed by atoms with Crippen molar-refractivity contribution in [3.8, 4) is 5.75 Å². The van der Waals surface area contributed by atoms with Crippen LogP contribution in [0.3, 0.4) is 0 Å². The zero-order valence-corrected chi connectivity index (χ0v) is 18.0. The molecule has 2 aromatic rings. The fourth-order valence-electron chi connectivity index (χ4n) is 2.78. The van der Waals surface area contributed by atoms with Crippen molar-refractivity contribution in [3.05, 3.63) is 40.0 Å². The molecule has 1 fully saturated rings. The molecule has 2 heterocycles. The minimum Gasteiger partial charge on any atom is -0.474 e. The summed E-state index contributed by atoms with van der Waals surface area (Å²) in [6.45, 7) is 8.32. The molecule has 164 valence electrons. The van der Waals surface area contributed by atoms with Gasteiger partial charge in [-0.3, -0.25) is 10.1 Å². The summed E-state index contributed by atoms with van der Waals surface area (Å²) in [4.78, 5) is 15.0. The van der Waals surface area contributed by atoms with E-state index in [0.29, 0.717) is 5.82 Å². The molecule has 1 aromatic carbocycles. The predicted octanol–water partition coefficient (Wildman–Crippen LogP) is 2.44. The highest BCUT2D eigenvalue weighted by atomic mass is 32.2. The number of hydrogen-bond acceptors (Lipinski definition) is 9. The van der Waals surface area contributed by atoms with Gasteiger partial charge in [-0.05, 0) is 19.1 Å². The number of nitro groups is 1. The maximum atomic E-state index is 12.8. The molecule has 0 N–H and O–H groups in total. The van der Waals surface area contributed by atoms with Crippen LogP contribution >= 0.6 is 0 Å². The number of rotatable bonds is 6. The quantitative estimate of drug-likeness (QED) is 0.489. The van der Waals surface area contributed by atoms with Gasteiger partial charge in [0, 0.05) is 24.6 Å². The van der Waals surface area contributed by atoms with Crippen LogP contribution in [0.1, 0.15) is 45.5 Å². The summed E-state index contributed by atoms with van der Waals surface area (Å²) in [6, 6.07) is 3.55. The Morgan fingerprint density at radius 1 is 1.27 bits per heavy atom. The van der Waals surface area contributed by atoms with Gasteiger partial charge in [-0.1, -0.05) is 25.9 Å². The number of nitrogens with zero attached hydrogens (tertiary/aromatic N) is 4. The van der Waals surface area contributed by atoms with Gasteiger partial charge in [0.15, 0.2) is 17.7 Å². The third-order valence-corrected chi connectivity index (χ3v) is 6.39. The predicted molar refractivity (Wildman–Crippen MR) is 105 cm³/mol. The molecule has 11 nitrogen and oxygen atoms in total. The van der Waals surface area contributed by atoms with Crippen LogP contribution < -0.4 is 4.74 Å². The van der Waals surface area contributed by atoms with Crippen LogP contribution in [0, 0.1) is 10.1 Å². The van der Waals surface area contributed by atoms with Gasteiger partial charge >= 0.3 is 5.69 Å². The Morgan fingerprint density at radius 3 is 2.50 bits per heavy atom. The van der Waals surface area contributed by atoms with E-state index in [1.54, 1.807) is 6.92 Å². The topological polar surface area (TPSA) is 138 Å². The lowest BCUT2D eigenvalue weighted by Crippen LogP contribution is -2.40. The maximum Gasteiger partial charge on any atom is 0.312 e. The van der Waals surface area contributed by atoms with Crippen molar-refractivity contribution in [2.24, 2.45) is 0 Å². The van der Waals surface area contributed by atoms with E-state index in [0.717, 1.165) is 6.07 Å². The zero-order chi connectivity index (χ0) is 22.1. The van der Waals surface area contributed by atoms with Crippen LogP contribution in [0.5, 0.6) is 5.75 Å². The number of ether oxygens (including phenoxy) is 2. The molecule has 0 saturated carbocycles. The maximum absolute atomic E-state index is 12.8. The fraction of sp³-hybridized carbons (Fsp3) is 0.556. The second-order valence-corrected chi connectivity index (χ2v) is 9.81. The Bertz CT molecular complexity index is 1020. The Balaban J connectivity index is 1.87. The Hall–Kier alpha value is -2.57. The molecule has 0 bridgehead atoms. The van der Waals surface area contributed by atoms with E-state index in [2.05, 4.69) is 10.1 Å². The van der Waals surface area contributed by atoms with Crippen molar-refractivity contribution in [1.29, 1.82) is 0 Å². The number of nitro benzene ring substituents is 1. The molecule has 0 radical (unpaired) electrons. The van der Waals surface area contributed by atoms with Crippen molar-refractivity contribution in [3.63, 3.8) is 0 Å². The SMILES string of the molecule is C[C@H](Oc1ccc(S(=O)(=O)N2CCOCC2)cc1[N+](=O)[O-])c1nc(C(C)(C)C)no1. The van der Waals surface area contributed by atoms with Gasteiger partial charge in [0.25, 0.3) is 5.89 Å². The average molecular weight is 440 g/mol. The van der Waals surface area contributed by atoms with Gasteiger partial charge in [-0.25, -0.2) is 8.42 Å². The standard InChI is InChI=1S/C18H24N4O7S/c1-12(16-19-17(20-29-16)18(2,3)4)28-15-6-5-13(11-14(15)22(23)24)30(25,26)21-7-9-27-10-8-21/h5-6,11-12H,7-10H2,1-4H3/t12-/m0/s1. The zero-order valence-electron chi connectivity index (χ0n) is 17.2. The van der Waals surface area contributed by atoms with E-state index in [-0.39, 0.29) is 48.3 Å². The number of morpholine rings is 1. The lowest BCUT2D eigenvalue weighted by atomic mass is 9.96. The summed E-state index contributed by atoms with van der Waals surface area (Å²) < 4.78 is 42.9. The first-order chi connectivity index (χ1) is 14.0. The first kappa shape index (κ1) is 22.1. The number of sulfonamides is 1. The molecule has 12 heteroatoms. The van der Waals surface area contributed by atoms with E-state index in [4.69, 9.17) is 14.0 Å². The molecular weight excluding hydrogens is 416 g/mol. The summed E-state index contributed by atoms with van der Waals surface area (Å²) in [5.74, 6) is 0.553. The molecule has 1 atom stereocenters. The first-order valence-corrected chi connectivity index (χ1v) is 10.8. The highest BCUT2D eigenvalue weighted by Crippen LogP contribution is 2.34. The summed E-state index contributed by atoms with van der Waals surface area (Å²) in [6.07, 6.45) is -0.769. The van der Waals surface area contributed by atoms with Crippen molar-refractivity contribution in [1.82, 2.24) is 14.4 Å². The molecule has 1 aromatic heterocycles. The average Bonchev–Trinajstić information content (AvgIpc) is 3.19. The molecule has 1 saturated heterocycles. The van der Waals surface area contributed by atoms with Crippen LogP contribution in [0.4, 0.5) is 5.69 Å². The van der Waals surface area contributed by atoms with Crippen molar-refractivity contribution < 1.29 is 27.3 Å². The Labute approximate surface area is 174 Å². The van der Waals surface area contributed by atoms with Crippen LogP contribution in [-0.4, -0.2) is 54.1 Å². The summed E-state index contributed by atoms with van der Waals surface area (Å²) in [5.41, 5.74) is -0.796. The van der Waals surface area contributed by atoms with Gasteiger partial charge in [0.05, 0.1) is 23.0 Å². The van der Waals surface area contributed by atoms with E-state index >= 15 is 0 Å². The second-order valence-electron chi connectivity index (χ2n) is 7.87. The largest absolute Gasteiger partial charge is 0.474 e. The smallest absolute Gasteiger partial charge is 0.312 e. The lowest BCUT2D eigenvalue weighted by molar-refractivity contribution is -0.386. The Kier molecular flexibility index (Phi) is 6.11. The van der Waals surface area contributed by atoms with E-state index in [1.807, 2.05) is 20.8 Å². The van der Waals surface area contributed by atoms with Crippen LogP contribution in [0.15, 0.2) is 27.6 Å². The number of hydrogen-bond donors (Lipinski definition) is 0. The molecule has 30 heavy (non-hydrogen) atoms. The van der Waals surface area contributed by atoms with E-state index < -0.39 is 26.7 Å². The summed E-state index contributed by atoms with van der Waals surface area (Å²) in [7, 11) is -3.88. The first-order valence-electron chi connectivity index (χ1n) is 9.37. The van der Waals surface area contributed by atoms with Crippen molar-refractivity contribution in [2.45, 2.75) is 44.1 Å². The monoisotopic (exact) mass is 440 g/mol. The molecule has 3 rings (SSSR count). The van der Waals surface area contributed by atoms with E-state index in [1.165, 1.54) is 16.4 Å². The van der Waals surface area contributed by atoms with Gasteiger partial charge in [0.1, 0.15) is 0 Å². The molecule has 0 amide bonds. The van der Waals surface area contributed by atoms with Gasteiger partial charge in [-0.15, -0.1) is 0 Å². The number of aromatic nitrogens is 2. The highest BCUT2D eigenvalue weighted by molar-refractivity contribution is 7.89. The fourth-order valence-corrected chi connectivity index (χ4v) is 4.21. The molecular formula is C18H24N4O7S. The number of benzene rings is 1. The molecule has 0 unspecified atom stereocenters. The summed E-state index contributed by atoms with van der Waals surface area (Å²) >= 11 is 0. The van der Waals surface area contributed by atoms with Crippen molar-refractivity contribution >= 4 is 15.7 Å². The van der Waals surface area contributed by atoms with Gasteiger partial charge in [0.2, 0.25) is 10.0 Å². The minimum atomic E-state index is -3.88. The van der Waals surface area contributed by atoms with Crippen LogP contribution in [0.2, 0.25) is 0 Å². The third kappa shape index (κ3) is 4.60. The van der Waals surface area contributed by atoms with Crippen molar-refractivity contribution in [2.75, 3.05) is 26.3 Å². The lowest BCUT2D eigenvalue weighted by Gasteiger charge is -2.26. The molecule has 1 aliphatic heterocycles. The van der Waals surface area contributed by atoms with E-state index in [9.17, 15) is 18.5 Å². The van der Waals surface area contributed by atoms with Gasteiger partial charge < -0.3 is 14.0 Å². The molecule has 0 spiro atoms. The van der Waals surface area contributed by atoms with Crippen LogP contribution in [0.25, 0.3) is 0 Å². The second kappa shape index (κ2) is 8.28. The minimum absolute atomic E-state index is 0.0936. The normalized spacial score (nSPS) is 16.9. The van der Waals surface area contributed by atoms with Crippen LogP contribution in [-0.2, 0) is 20.2 Å². The third-order valence-electron chi connectivity index (χ3n) is 4.50. The Morgan fingerprint density at radius 2 is 1.93 bits per heavy atom. The summed E-state index contributed by atoms with van der Waals surface area (Å²) in [5, 5.41) is 15.5. The molecule has 0 aliphatic carbocycles. The highest BCUT2D eigenvalue weighted by Gasteiger charge is 2.30. The molecule has 1 aliphatic rings.